The Morgan fingerprint density at radius 2 is 2.05 bits per heavy atom. The van der Waals surface area contributed by atoms with Crippen molar-refractivity contribution in [2.24, 2.45) is 12.8 Å². The second-order valence-electron chi connectivity index (χ2n) is 4.57. The van der Waals surface area contributed by atoms with Crippen molar-refractivity contribution >= 4 is 27.3 Å². The lowest BCUT2D eigenvalue weighted by Gasteiger charge is -2.05. The molecule has 4 nitrogen and oxygen atoms in total. The highest BCUT2D eigenvalue weighted by Gasteiger charge is 2.11. The molecule has 1 amide bonds. The number of rotatable bonds is 2. The number of aryl methyl sites for hydroxylation is 1. The number of carbonyl (C=O) groups excluding carboxylic acids is 1. The van der Waals surface area contributed by atoms with Gasteiger partial charge in [-0.25, -0.2) is 0 Å². The molecular weight excluding hydrogens is 272 g/mol. The minimum Gasteiger partial charge on any atom is -0.365 e. The molecule has 20 heavy (non-hydrogen) atoms. The van der Waals surface area contributed by atoms with Crippen LogP contribution in [0.25, 0.3) is 21.2 Å². The second-order valence-corrected chi connectivity index (χ2v) is 5.62. The molecule has 1 aromatic carbocycles. The highest BCUT2D eigenvalue weighted by atomic mass is 32.1. The summed E-state index contributed by atoms with van der Waals surface area (Å²) in [7, 11) is 1.72. The summed E-state index contributed by atoms with van der Waals surface area (Å²) in [6.07, 6.45) is 1.79. The molecule has 100 valence electrons. The Bertz CT molecular complexity index is 877. The maximum absolute atomic E-state index is 11.5. The van der Waals surface area contributed by atoms with Crippen molar-refractivity contribution in [3.05, 3.63) is 57.8 Å². The molecule has 0 bridgehead atoms. The van der Waals surface area contributed by atoms with Gasteiger partial charge in [0, 0.05) is 29.6 Å². The summed E-state index contributed by atoms with van der Waals surface area (Å²) in [4.78, 5) is 23.3. The molecule has 2 N–H and O–H groups in total. The number of hydrogen-bond donors (Lipinski definition) is 1. The van der Waals surface area contributed by atoms with E-state index in [4.69, 9.17) is 5.73 Å². The van der Waals surface area contributed by atoms with Crippen LogP contribution in [0, 0.1) is 0 Å². The first-order chi connectivity index (χ1) is 9.56. The number of amides is 1. The van der Waals surface area contributed by atoms with E-state index in [-0.39, 0.29) is 5.56 Å². The second kappa shape index (κ2) is 4.61. The molecule has 0 aliphatic rings. The molecule has 0 aliphatic carbocycles. The van der Waals surface area contributed by atoms with E-state index in [2.05, 4.69) is 0 Å². The van der Waals surface area contributed by atoms with Crippen molar-refractivity contribution < 1.29 is 4.79 Å². The monoisotopic (exact) mass is 284 g/mol. The average Bonchev–Trinajstić information content (AvgIpc) is 2.86. The summed E-state index contributed by atoms with van der Waals surface area (Å²) in [6, 6.07) is 11.0. The molecule has 0 aliphatic heterocycles. The van der Waals surface area contributed by atoms with Crippen LogP contribution < -0.4 is 11.3 Å². The van der Waals surface area contributed by atoms with Crippen LogP contribution in [0.15, 0.2) is 47.4 Å². The molecule has 2 aromatic heterocycles. The van der Waals surface area contributed by atoms with Gasteiger partial charge in [0.2, 0.25) is 5.56 Å². The molecule has 3 aromatic rings. The number of nitrogens with zero attached hydrogens (tertiary/aromatic N) is 1. The van der Waals surface area contributed by atoms with Gasteiger partial charge in [-0.15, -0.1) is 11.3 Å². The summed E-state index contributed by atoms with van der Waals surface area (Å²) in [5.41, 5.74) is 7.22. The largest absolute Gasteiger partial charge is 0.365 e. The Hall–Kier alpha value is -2.40. The van der Waals surface area contributed by atoms with E-state index in [1.165, 1.54) is 22.0 Å². The van der Waals surface area contributed by atoms with Gasteiger partial charge in [-0.2, -0.15) is 0 Å². The van der Waals surface area contributed by atoms with E-state index in [0.29, 0.717) is 4.88 Å². The molecule has 0 fully saturated rings. The summed E-state index contributed by atoms with van der Waals surface area (Å²) >= 11 is 1.37. The van der Waals surface area contributed by atoms with E-state index >= 15 is 0 Å². The number of carbonyl (C=O) groups is 1. The van der Waals surface area contributed by atoms with Crippen molar-refractivity contribution in [3.63, 3.8) is 0 Å². The maximum Gasteiger partial charge on any atom is 0.258 e. The molecule has 0 spiro atoms. The fourth-order valence-electron chi connectivity index (χ4n) is 2.17. The predicted molar refractivity (Wildman–Crippen MR) is 81.0 cm³/mol. The first-order valence-corrected chi connectivity index (χ1v) is 6.87. The van der Waals surface area contributed by atoms with Crippen LogP contribution in [0.5, 0.6) is 0 Å². The lowest BCUT2D eigenvalue weighted by molar-refractivity contribution is 0.100. The van der Waals surface area contributed by atoms with E-state index in [0.717, 1.165) is 21.2 Å². The topological polar surface area (TPSA) is 65.1 Å². The number of fused-ring (bicyclic) bond motifs is 1. The fourth-order valence-corrected chi connectivity index (χ4v) is 3.21. The van der Waals surface area contributed by atoms with Gasteiger partial charge in [-0.05, 0) is 23.1 Å². The number of nitrogens with two attached hydrogens (primary N) is 1. The molecule has 0 unspecified atom stereocenters. The Balaban J connectivity index is 2.27. The van der Waals surface area contributed by atoms with Crippen molar-refractivity contribution in [1.29, 1.82) is 0 Å². The third-order valence-electron chi connectivity index (χ3n) is 3.18. The summed E-state index contributed by atoms with van der Waals surface area (Å²) in [6.45, 7) is 0. The lowest BCUT2D eigenvalue weighted by atomic mass is 10.1. The van der Waals surface area contributed by atoms with Gasteiger partial charge in [0.1, 0.15) is 0 Å². The van der Waals surface area contributed by atoms with Gasteiger partial charge >= 0.3 is 0 Å². The van der Waals surface area contributed by atoms with Gasteiger partial charge in [0.15, 0.2) is 0 Å². The molecule has 0 saturated carbocycles. The maximum atomic E-state index is 11.5. The molecule has 2 heterocycles. The van der Waals surface area contributed by atoms with Gasteiger partial charge < -0.3 is 10.3 Å². The lowest BCUT2D eigenvalue weighted by Crippen LogP contribution is -2.13. The van der Waals surface area contributed by atoms with E-state index in [9.17, 15) is 9.59 Å². The van der Waals surface area contributed by atoms with Gasteiger partial charge in [-0.3, -0.25) is 9.59 Å². The quantitative estimate of drug-likeness (QED) is 0.785. The van der Waals surface area contributed by atoms with Crippen molar-refractivity contribution in [2.75, 3.05) is 0 Å². The number of primary amides is 1. The summed E-state index contributed by atoms with van der Waals surface area (Å²) in [5, 5.41) is 0.982. The number of benzene rings is 1. The van der Waals surface area contributed by atoms with E-state index in [1.807, 2.05) is 18.2 Å². The van der Waals surface area contributed by atoms with Crippen LogP contribution in [0.1, 0.15) is 9.67 Å². The molecule has 0 atom stereocenters. The summed E-state index contributed by atoms with van der Waals surface area (Å²) in [5.74, 6) is -0.419. The SMILES string of the molecule is Cn1cc(-c2cccc3cc(C(N)=O)sc23)ccc1=O. The third-order valence-corrected chi connectivity index (χ3v) is 4.38. The van der Waals surface area contributed by atoms with Crippen LogP contribution in [0.3, 0.4) is 0 Å². The first-order valence-electron chi connectivity index (χ1n) is 6.05. The van der Waals surface area contributed by atoms with Gasteiger partial charge in [-0.1, -0.05) is 18.2 Å². The fraction of sp³-hybridized carbons (Fsp3) is 0.0667. The number of aromatic nitrogens is 1. The predicted octanol–water partition coefficient (Wildman–Crippen LogP) is 2.37. The minimum atomic E-state index is -0.419. The molecule has 5 heteroatoms. The third kappa shape index (κ3) is 2.02. The zero-order chi connectivity index (χ0) is 14.3. The van der Waals surface area contributed by atoms with Gasteiger partial charge in [0.25, 0.3) is 5.91 Å². The van der Waals surface area contributed by atoms with Crippen LogP contribution in [-0.2, 0) is 7.05 Å². The number of hydrogen-bond acceptors (Lipinski definition) is 3. The normalized spacial score (nSPS) is 10.8. The van der Waals surface area contributed by atoms with Crippen LogP contribution >= 0.6 is 11.3 Å². The highest BCUT2D eigenvalue weighted by Crippen LogP contribution is 2.34. The van der Waals surface area contributed by atoms with Crippen LogP contribution in [-0.4, -0.2) is 10.5 Å². The standard InChI is InChI=1S/C15H12N2O2S/c1-17-8-10(5-6-13(17)18)11-4-2-3-9-7-12(15(16)19)20-14(9)11/h2-8H,1H3,(H2,16,19). The zero-order valence-electron chi connectivity index (χ0n) is 10.8. The molecule has 0 saturated heterocycles. The Morgan fingerprint density at radius 1 is 1.25 bits per heavy atom. The average molecular weight is 284 g/mol. The number of thiophene rings is 1. The highest BCUT2D eigenvalue weighted by molar-refractivity contribution is 7.21. The van der Waals surface area contributed by atoms with Crippen molar-refractivity contribution in [2.45, 2.75) is 0 Å². The van der Waals surface area contributed by atoms with E-state index in [1.54, 1.807) is 25.4 Å². The van der Waals surface area contributed by atoms with Crippen LogP contribution in [0.2, 0.25) is 0 Å². The summed E-state index contributed by atoms with van der Waals surface area (Å²) < 4.78 is 2.54. The smallest absolute Gasteiger partial charge is 0.258 e. The van der Waals surface area contributed by atoms with Gasteiger partial charge in [0.05, 0.1) is 4.88 Å². The Kier molecular flexibility index (Phi) is 2.91. The van der Waals surface area contributed by atoms with Crippen molar-refractivity contribution in [1.82, 2.24) is 4.57 Å². The molecule has 3 rings (SSSR count). The van der Waals surface area contributed by atoms with E-state index < -0.39 is 5.91 Å². The first kappa shape index (κ1) is 12.6. The van der Waals surface area contributed by atoms with Crippen molar-refractivity contribution in [3.8, 4) is 11.1 Å². The Labute approximate surface area is 119 Å². The number of pyridine rings is 1. The zero-order valence-corrected chi connectivity index (χ0v) is 11.6. The molecular formula is C15H12N2O2S. The molecule has 0 radical (unpaired) electrons. The van der Waals surface area contributed by atoms with Crippen LogP contribution in [0.4, 0.5) is 0 Å². The minimum absolute atomic E-state index is 0.0510. The Morgan fingerprint density at radius 3 is 2.75 bits per heavy atom.